The zero-order valence-corrected chi connectivity index (χ0v) is 10.8. The molecule has 0 aliphatic carbocycles. The molecule has 0 amide bonds. The largest absolute Gasteiger partial charge is 0.396 e. The Labute approximate surface area is 111 Å². The second-order valence-corrected chi connectivity index (χ2v) is 5.31. The van der Waals surface area contributed by atoms with Crippen molar-refractivity contribution in [1.82, 2.24) is 0 Å². The van der Waals surface area contributed by atoms with Gasteiger partial charge in [-0.3, -0.25) is 0 Å². The highest BCUT2D eigenvalue weighted by Crippen LogP contribution is 2.07. The number of rotatable bonds is 5. The Bertz CT molecular complexity index is 651. The van der Waals surface area contributed by atoms with Gasteiger partial charge in [-0.2, -0.15) is 8.42 Å². The van der Waals surface area contributed by atoms with Crippen molar-refractivity contribution in [2.75, 3.05) is 0 Å². The third kappa shape index (κ3) is 3.38. The molecule has 98 valence electrons. The number of hydrogen-bond acceptors (Lipinski definition) is 4. The summed E-state index contributed by atoms with van der Waals surface area (Å²) in [5.74, 6) is 0. The van der Waals surface area contributed by atoms with Gasteiger partial charge >= 0.3 is 10.1 Å². The van der Waals surface area contributed by atoms with Gasteiger partial charge in [0, 0.05) is 23.3 Å². The van der Waals surface area contributed by atoms with Crippen LogP contribution in [0.5, 0.6) is 0 Å². The maximum absolute atomic E-state index is 11.9. The monoisotopic (exact) mass is 278 g/mol. The molecule has 0 saturated heterocycles. The first-order valence-electron chi connectivity index (χ1n) is 5.56. The standard InChI is InChI=1S/C13H12NO4S/c15-11-8-12-6-9-14(10-7-12)18-19(16,17)13-4-2-1-3-5-13/h1-7,9-11H,8H2/q+1. The molecule has 0 aliphatic rings. The van der Waals surface area contributed by atoms with Crippen molar-refractivity contribution in [2.24, 2.45) is 0 Å². The van der Waals surface area contributed by atoms with E-state index in [9.17, 15) is 13.2 Å². The second kappa shape index (κ2) is 5.62. The number of aromatic nitrogens is 1. The van der Waals surface area contributed by atoms with Crippen LogP contribution in [0.3, 0.4) is 0 Å². The highest BCUT2D eigenvalue weighted by molar-refractivity contribution is 7.86. The molecular formula is C13H12NO4S+. The number of benzene rings is 1. The van der Waals surface area contributed by atoms with Crippen LogP contribution < -0.4 is 9.01 Å². The number of nitrogens with zero attached hydrogens (tertiary/aromatic N) is 1. The Kier molecular flexibility index (Phi) is 3.91. The SMILES string of the molecule is O=CCc1cc[n+](OS(=O)(=O)c2ccccc2)cc1. The van der Waals surface area contributed by atoms with E-state index in [2.05, 4.69) is 0 Å². The molecule has 0 unspecified atom stereocenters. The fourth-order valence-electron chi connectivity index (χ4n) is 1.47. The molecule has 0 bridgehead atoms. The summed E-state index contributed by atoms with van der Waals surface area (Å²) in [6.07, 6.45) is 3.95. The number of carbonyl (C=O) groups excluding carboxylic acids is 1. The highest BCUT2D eigenvalue weighted by atomic mass is 32.2. The van der Waals surface area contributed by atoms with Crippen LogP contribution in [0.15, 0.2) is 59.8 Å². The van der Waals surface area contributed by atoms with Crippen LogP contribution in [-0.4, -0.2) is 14.7 Å². The van der Waals surface area contributed by atoms with Crippen LogP contribution in [0, 0.1) is 0 Å². The topological polar surface area (TPSA) is 64.3 Å². The smallest absolute Gasteiger partial charge is 0.303 e. The van der Waals surface area contributed by atoms with Crippen molar-refractivity contribution in [3.8, 4) is 0 Å². The molecule has 2 aromatic rings. The minimum Gasteiger partial charge on any atom is -0.303 e. The van der Waals surface area contributed by atoms with Crippen LogP contribution in [0.1, 0.15) is 5.56 Å². The van der Waals surface area contributed by atoms with E-state index in [1.54, 1.807) is 30.3 Å². The third-order valence-electron chi connectivity index (χ3n) is 2.41. The molecule has 0 atom stereocenters. The van der Waals surface area contributed by atoms with Gasteiger partial charge in [0.15, 0.2) is 0 Å². The number of carbonyl (C=O) groups is 1. The maximum atomic E-state index is 11.9. The lowest BCUT2D eigenvalue weighted by Gasteiger charge is -2.00. The van der Waals surface area contributed by atoms with Crippen molar-refractivity contribution in [1.29, 1.82) is 0 Å². The van der Waals surface area contributed by atoms with Gasteiger partial charge in [-0.15, -0.1) is 4.28 Å². The molecular weight excluding hydrogens is 266 g/mol. The van der Waals surface area contributed by atoms with Gasteiger partial charge in [0.2, 0.25) is 12.4 Å². The molecule has 6 heteroatoms. The highest BCUT2D eigenvalue weighted by Gasteiger charge is 2.21. The number of hydrogen-bond donors (Lipinski definition) is 0. The van der Waals surface area contributed by atoms with Gasteiger partial charge in [-0.1, -0.05) is 18.2 Å². The molecule has 1 aromatic carbocycles. The molecule has 5 nitrogen and oxygen atoms in total. The fraction of sp³-hybridized carbons (Fsp3) is 0.0769. The van der Waals surface area contributed by atoms with E-state index in [0.717, 1.165) is 16.6 Å². The van der Waals surface area contributed by atoms with Gasteiger partial charge in [-0.05, 0) is 17.7 Å². The van der Waals surface area contributed by atoms with Gasteiger partial charge in [0.1, 0.15) is 11.2 Å². The Morgan fingerprint density at radius 1 is 1.05 bits per heavy atom. The Hall–Kier alpha value is -2.21. The maximum Gasteiger partial charge on any atom is 0.396 e. The summed E-state index contributed by atoms with van der Waals surface area (Å²) >= 11 is 0. The Balaban J connectivity index is 2.19. The molecule has 19 heavy (non-hydrogen) atoms. The molecule has 0 saturated carbocycles. The molecule has 0 fully saturated rings. The molecule has 2 rings (SSSR count). The minimum absolute atomic E-state index is 0.0828. The van der Waals surface area contributed by atoms with Gasteiger partial charge in [0.25, 0.3) is 0 Å². The van der Waals surface area contributed by atoms with Gasteiger partial charge in [-0.25, -0.2) is 0 Å². The lowest BCUT2D eigenvalue weighted by atomic mass is 10.2. The molecule has 0 radical (unpaired) electrons. The van der Waals surface area contributed by atoms with Crippen LogP contribution in [0.4, 0.5) is 0 Å². The van der Waals surface area contributed by atoms with Crippen LogP contribution >= 0.6 is 0 Å². The summed E-state index contributed by atoms with van der Waals surface area (Å²) in [7, 11) is -3.85. The zero-order valence-electron chi connectivity index (χ0n) is 9.97. The first kappa shape index (κ1) is 13.2. The van der Waals surface area contributed by atoms with Gasteiger partial charge in [0.05, 0.1) is 0 Å². The first-order valence-corrected chi connectivity index (χ1v) is 6.96. The first-order chi connectivity index (χ1) is 9.12. The lowest BCUT2D eigenvalue weighted by Crippen LogP contribution is -2.45. The summed E-state index contributed by atoms with van der Waals surface area (Å²) < 4.78 is 29.8. The van der Waals surface area contributed by atoms with Crippen LogP contribution in [0.25, 0.3) is 0 Å². The normalized spacial score (nSPS) is 10.9. The summed E-state index contributed by atoms with van der Waals surface area (Å²) in [5, 5.41) is 0. The van der Waals surface area contributed by atoms with Crippen LogP contribution in [0.2, 0.25) is 0 Å². The Morgan fingerprint density at radius 3 is 2.26 bits per heavy atom. The van der Waals surface area contributed by atoms with Crippen molar-refractivity contribution in [2.45, 2.75) is 11.3 Å². The average molecular weight is 278 g/mol. The minimum atomic E-state index is -3.85. The molecule has 0 aliphatic heterocycles. The average Bonchev–Trinajstić information content (AvgIpc) is 2.42. The predicted octanol–water partition coefficient (Wildman–Crippen LogP) is 0.533. The van der Waals surface area contributed by atoms with E-state index in [4.69, 9.17) is 4.28 Å². The van der Waals surface area contributed by atoms with E-state index < -0.39 is 10.1 Å². The summed E-state index contributed by atoms with van der Waals surface area (Å²) in [4.78, 5) is 10.4. The van der Waals surface area contributed by atoms with E-state index in [-0.39, 0.29) is 11.3 Å². The van der Waals surface area contributed by atoms with Crippen molar-refractivity contribution in [3.63, 3.8) is 0 Å². The van der Waals surface area contributed by atoms with Crippen molar-refractivity contribution < 1.29 is 22.2 Å². The third-order valence-corrected chi connectivity index (χ3v) is 3.62. The predicted molar refractivity (Wildman–Crippen MR) is 66.6 cm³/mol. The lowest BCUT2D eigenvalue weighted by molar-refractivity contribution is -0.856. The zero-order chi connectivity index (χ0) is 13.7. The molecule has 1 aromatic heterocycles. The Morgan fingerprint density at radius 2 is 1.68 bits per heavy atom. The van der Waals surface area contributed by atoms with Crippen LogP contribution in [-0.2, 0) is 21.3 Å². The summed E-state index contributed by atoms with van der Waals surface area (Å²) in [6.45, 7) is 0. The summed E-state index contributed by atoms with van der Waals surface area (Å²) in [5.41, 5.74) is 0.784. The molecule has 0 spiro atoms. The van der Waals surface area contributed by atoms with Gasteiger partial charge < -0.3 is 4.79 Å². The van der Waals surface area contributed by atoms with Crippen molar-refractivity contribution in [3.05, 3.63) is 60.4 Å². The molecule has 1 heterocycles. The van der Waals surface area contributed by atoms with E-state index in [1.165, 1.54) is 24.5 Å². The fourth-order valence-corrected chi connectivity index (χ4v) is 2.37. The van der Waals surface area contributed by atoms with E-state index in [0.29, 0.717) is 0 Å². The van der Waals surface area contributed by atoms with E-state index in [1.807, 2.05) is 0 Å². The molecule has 0 N–H and O–H groups in total. The number of aldehydes is 1. The quantitative estimate of drug-likeness (QED) is 0.591. The summed E-state index contributed by atoms with van der Waals surface area (Å²) in [6, 6.07) is 11.1. The van der Waals surface area contributed by atoms with Crippen molar-refractivity contribution >= 4 is 16.4 Å². The second-order valence-electron chi connectivity index (χ2n) is 3.78. The number of pyridine rings is 1. The van der Waals surface area contributed by atoms with E-state index >= 15 is 0 Å².